The molecule has 0 heterocycles. The van der Waals surface area contributed by atoms with Gasteiger partial charge < -0.3 is 0 Å². The van der Waals surface area contributed by atoms with E-state index >= 15 is 0 Å². The first kappa shape index (κ1) is 6.08. The molecule has 1 rings (SSSR count). The van der Waals surface area contributed by atoms with Gasteiger partial charge in [0.1, 0.15) is 14.1 Å². The van der Waals surface area contributed by atoms with Crippen molar-refractivity contribution in [3.63, 3.8) is 0 Å². The molecule has 2 heteroatoms. The normalized spacial score (nSPS) is 8.89. The van der Waals surface area contributed by atoms with Crippen LogP contribution in [-0.2, 0) is 0 Å². The van der Waals surface area contributed by atoms with Gasteiger partial charge in [-0.1, -0.05) is 29.7 Å². The third-order valence-corrected chi connectivity index (χ3v) is 1.05. The maximum atomic E-state index is 10.1. The van der Waals surface area contributed by atoms with Crippen molar-refractivity contribution in [1.82, 2.24) is 0 Å². The number of hydrogen-bond acceptors (Lipinski definition) is 1. The van der Waals surface area contributed by atoms with E-state index in [9.17, 15) is 4.79 Å². The Bertz CT molecular complexity index is 220. The van der Waals surface area contributed by atoms with Crippen molar-refractivity contribution in [1.29, 1.82) is 0 Å². The average Bonchev–Trinajstić information content (AvgIpc) is 1.88. The molecular weight excluding hydrogens is 111 g/mol. The van der Waals surface area contributed by atoms with Crippen LogP contribution in [-0.4, -0.2) is 14.1 Å². The molecule has 0 aliphatic heterocycles. The molecule has 0 atom stereocenters. The predicted octanol–water partition coefficient (Wildman–Crippen LogP) is 0.293. The van der Waals surface area contributed by atoms with Gasteiger partial charge in [-0.15, -0.1) is 0 Å². The summed E-state index contributed by atoms with van der Waals surface area (Å²) in [7, 11) is 5.38. The monoisotopic (exact) mass is 116 g/mol. The third-order valence-electron chi connectivity index (χ3n) is 1.05. The zero-order valence-corrected chi connectivity index (χ0v) is 4.87. The van der Waals surface area contributed by atoms with Gasteiger partial charge in [-0.2, -0.15) is 0 Å². The van der Waals surface area contributed by atoms with E-state index in [4.69, 9.17) is 7.85 Å². The lowest BCUT2D eigenvalue weighted by atomic mass is 9.95. The fourth-order valence-corrected chi connectivity index (χ4v) is 0.632. The maximum Gasteiger partial charge on any atom is 0.150 e. The predicted molar refractivity (Wildman–Crippen MR) is 37.2 cm³/mol. The second-order valence-electron chi connectivity index (χ2n) is 1.79. The Morgan fingerprint density at radius 3 is 2.67 bits per heavy atom. The SMILES string of the molecule is [B]c1cccc(C=O)c1. The van der Waals surface area contributed by atoms with Crippen molar-refractivity contribution >= 4 is 19.6 Å². The molecule has 0 unspecified atom stereocenters. The summed E-state index contributed by atoms with van der Waals surface area (Å²) in [5, 5.41) is 0. The molecule has 1 aromatic rings. The highest BCUT2D eigenvalue weighted by Crippen LogP contribution is 1.89. The maximum absolute atomic E-state index is 10.1. The van der Waals surface area contributed by atoms with E-state index in [1.807, 2.05) is 0 Å². The number of carbonyl (C=O) groups is 1. The van der Waals surface area contributed by atoms with E-state index in [0.717, 1.165) is 6.29 Å². The first-order valence-electron chi connectivity index (χ1n) is 2.63. The minimum atomic E-state index is 0.620. The van der Waals surface area contributed by atoms with Gasteiger partial charge >= 0.3 is 0 Å². The highest BCUT2D eigenvalue weighted by Gasteiger charge is 1.85. The van der Waals surface area contributed by atoms with E-state index in [0.29, 0.717) is 11.0 Å². The summed E-state index contributed by atoms with van der Waals surface area (Å²) in [4.78, 5) is 10.1. The van der Waals surface area contributed by atoms with Crippen LogP contribution < -0.4 is 5.46 Å². The van der Waals surface area contributed by atoms with Gasteiger partial charge in [0.15, 0.2) is 0 Å². The molecule has 0 aliphatic rings. The van der Waals surface area contributed by atoms with Gasteiger partial charge in [0.05, 0.1) is 0 Å². The summed E-state index contributed by atoms with van der Waals surface area (Å²) in [6.45, 7) is 0. The molecule has 1 aromatic carbocycles. The van der Waals surface area contributed by atoms with Crippen molar-refractivity contribution in [3.8, 4) is 0 Å². The molecule has 0 N–H and O–H groups in total. The van der Waals surface area contributed by atoms with Gasteiger partial charge in [0, 0.05) is 5.56 Å². The molecule has 0 fully saturated rings. The lowest BCUT2D eigenvalue weighted by molar-refractivity contribution is 0.112. The van der Waals surface area contributed by atoms with E-state index in [1.54, 1.807) is 24.3 Å². The van der Waals surface area contributed by atoms with Crippen LogP contribution in [0.1, 0.15) is 10.4 Å². The lowest BCUT2D eigenvalue weighted by Gasteiger charge is -1.90. The fourth-order valence-electron chi connectivity index (χ4n) is 0.632. The molecule has 0 amide bonds. The van der Waals surface area contributed by atoms with Gasteiger partial charge in [-0.3, -0.25) is 4.79 Å². The summed E-state index contributed by atoms with van der Waals surface area (Å²) >= 11 is 0. The molecule has 0 saturated carbocycles. The molecule has 0 spiro atoms. The standard InChI is InChI=1S/C7H5BO/c8-7-3-1-2-6(4-7)5-9/h1-5H. The molecule has 0 bridgehead atoms. The molecule has 1 nitrogen and oxygen atoms in total. The van der Waals surface area contributed by atoms with Crippen LogP contribution in [0.3, 0.4) is 0 Å². The molecule has 0 aliphatic carbocycles. The molecule has 9 heavy (non-hydrogen) atoms. The lowest BCUT2D eigenvalue weighted by Crippen LogP contribution is -2.01. The second kappa shape index (κ2) is 2.49. The summed E-state index contributed by atoms with van der Waals surface area (Å²) < 4.78 is 0. The van der Waals surface area contributed by atoms with Crippen molar-refractivity contribution in [2.24, 2.45) is 0 Å². The van der Waals surface area contributed by atoms with Crippen LogP contribution in [0.25, 0.3) is 0 Å². The number of rotatable bonds is 1. The summed E-state index contributed by atoms with van der Waals surface area (Å²) in [6.07, 6.45) is 0.774. The Kier molecular flexibility index (Phi) is 1.68. The number of aldehydes is 1. The number of benzene rings is 1. The van der Waals surface area contributed by atoms with Crippen LogP contribution >= 0.6 is 0 Å². The first-order valence-corrected chi connectivity index (χ1v) is 2.63. The number of carbonyl (C=O) groups excluding carboxylic acids is 1. The smallest absolute Gasteiger partial charge is 0.150 e. The quantitative estimate of drug-likeness (QED) is 0.380. The molecule has 0 saturated heterocycles. The van der Waals surface area contributed by atoms with E-state index in [1.165, 1.54) is 0 Å². The fraction of sp³-hybridized carbons (Fsp3) is 0. The molecule has 0 aromatic heterocycles. The Morgan fingerprint density at radius 1 is 1.44 bits per heavy atom. The van der Waals surface area contributed by atoms with Gasteiger partial charge in [0.25, 0.3) is 0 Å². The molecule has 42 valence electrons. The van der Waals surface area contributed by atoms with Crippen molar-refractivity contribution < 1.29 is 4.79 Å². The third kappa shape index (κ3) is 1.42. The zero-order chi connectivity index (χ0) is 6.69. The van der Waals surface area contributed by atoms with Gasteiger partial charge in [-0.05, 0) is 0 Å². The van der Waals surface area contributed by atoms with Crippen molar-refractivity contribution in [2.75, 3.05) is 0 Å². The Hall–Kier alpha value is -1.05. The first-order chi connectivity index (χ1) is 4.33. The van der Waals surface area contributed by atoms with Crippen LogP contribution in [0.2, 0.25) is 0 Å². The highest BCUT2D eigenvalue weighted by atomic mass is 16.1. The van der Waals surface area contributed by atoms with Crippen molar-refractivity contribution in [2.45, 2.75) is 0 Å². The minimum absolute atomic E-state index is 0.620. The van der Waals surface area contributed by atoms with E-state index in [-0.39, 0.29) is 0 Å². The van der Waals surface area contributed by atoms with Gasteiger partial charge in [-0.25, -0.2) is 0 Å². The zero-order valence-electron chi connectivity index (χ0n) is 4.87. The van der Waals surface area contributed by atoms with E-state index < -0.39 is 0 Å². The van der Waals surface area contributed by atoms with E-state index in [2.05, 4.69) is 0 Å². The summed E-state index contributed by atoms with van der Waals surface area (Å²) in [5.74, 6) is 0. The van der Waals surface area contributed by atoms with Crippen LogP contribution in [0, 0.1) is 0 Å². The Balaban J connectivity index is 3.07. The summed E-state index contributed by atoms with van der Waals surface area (Å²) in [6, 6.07) is 6.84. The molecule has 2 radical (unpaired) electrons. The largest absolute Gasteiger partial charge is 0.298 e. The summed E-state index contributed by atoms with van der Waals surface area (Å²) in [5.41, 5.74) is 1.25. The number of hydrogen-bond donors (Lipinski definition) is 0. The van der Waals surface area contributed by atoms with Crippen molar-refractivity contribution in [3.05, 3.63) is 29.8 Å². The Morgan fingerprint density at radius 2 is 2.22 bits per heavy atom. The Labute approximate surface area is 55.1 Å². The van der Waals surface area contributed by atoms with Gasteiger partial charge in [0.2, 0.25) is 0 Å². The highest BCUT2D eigenvalue weighted by molar-refractivity contribution is 6.32. The van der Waals surface area contributed by atoms with Crippen LogP contribution in [0.15, 0.2) is 24.3 Å². The minimum Gasteiger partial charge on any atom is -0.298 e. The topological polar surface area (TPSA) is 17.1 Å². The van der Waals surface area contributed by atoms with Crippen LogP contribution in [0.4, 0.5) is 0 Å². The van der Waals surface area contributed by atoms with Crippen LogP contribution in [0.5, 0.6) is 0 Å². The second-order valence-corrected chi connectivity index (χ2v) is 1.79. The average molecular weight is 116 g/mol. The molecular formula is C7H5BO.